The van der Waals surface area contributed by atoms with E-state index in [0.29, 0.717) is 6.54 Å². The molecule has 1 heterocycles. The maximum absolute atomic E-state index is 12.3. The van der Waals surface area contributed by atoms with Crippen LogP contribution >= 0.6 is 0 Å². The molecule has 0 unspecified atom stereocenters. The van der Waals surface area contributed by atoms with Crippen LogP contribution < -0.4 is 5.32 Å². The summed E-state index contributed by atoms with van der Waals surface area (Å²) >= 11 is 0. The molecule has 4 nitrogen and oxygen atoms in total. The Morgan fingerprint density at radius 1 is 1.21 bits per heavy atom. The van der Waals surface area contributed by atoms with Crippen LogP contribution in [0.15, 0.2) is 18.2 Å². The second-order valence-corrected chi connectivity index (χ2v) is 5.63. The minimum Gasteiger partial charge on any atom is -0.295 e. The number of hydrogen-bond donors (Lipinski definition) is 1. The number of nitrogens with zero attached hydrogens (tertiary/aromatic N) is 1. The predicted molar refractivity (Wildman–Crippen MR) is 73.6 cm³/mol. The summed E-state index contributed by atoms with van der Waals surface area (Å²) in [4.78, 5) is 25.7. The van der Waals surface area contributed by atoms with E-state index in [1.54, 1.807) is 13.8 Å². The average Bonchev–Trinajstić information content (AvgIpc) is 2.34. The normalized spacial score (nSPS) is 18.8. The molecule has 0 atom stereocenters. The highest BCUT2D eigenvalue weighted by Gasteiger charge is 2.39. The van der Waals surface area contributed by atoms with Crippen LogP contribution in [0.25, 0.3) is 0 Å². The zero-order valence-corrected chi connectivity index (χ0v) is 11.9. The van der Waals surface area contributed by atoms with Gasteiger partial charge in [0, 0.05) is 0 Å². The Bertz CT molecular complexity index is 515. The van der Waals surface area contributed by atoms with Gasteiger partial charge in [-0.25, -0.2) is 0 Å². The van der Waals surface area contributed by atoms with E-state index in [0.717, 1.165) is 16.7 Å². The molecule has 0 bridgehead atoms. The molecule has 0 aliphatic carbocycles. The lowest BCUT2D eigenvalue weighted by Gasteiger charge is -2.37. The minimum atomic E-state index is -0.676. The standard InChI is InChI=1S/C15H20N2O2/c1-10-6-5-7-11(2)12(10)9-17-13(18)8-16-15(3,4)14(17)19/h5-7,16H,8-9H2,1-4H3. The Morgan fingerprint density at radius 2 is 1.79 bits per heavy atom. The second-order valence-electron chi connectivity index (χ2n) is 5.63. The average molecular weight is 260 g/mol. The Hall–Kier alpha value is -1.68. The van der Waals surface area contributed by atoms with Crippen molar-refractivity contribution in [2.24, 2.45) is 0 Å². The SMILES string of the molecule is Cc1cccc(C)c1CN1C(=O)CNC(C)(C)C1=O. The van der Waals surface area contributed by atoms with E-state index in [4.69, 9.17) is 0 Å². The number of piperazine rings is 1. The van der Waals surface area contributed by atoms with Crippen molar-refractivity contribution < 1.29 is 9.59 Å². The van der Waals surface area contributed by atoms with Crippen LogP contribution in [0, 0.1) is 13.8 Å². The van der Waals surface area contributed by atoms with Crippen molar-refractivity contribution in [2.45, 2.75) is 39.8 Å². The van der Waals surface area contributed by atoms with Crippen LogP contribution in [-0.2, 0) is 16.1 Å². The molecule has 1 saturated heterocycles. The Morgan fingerprint density at radius 3 is 2.37 bits per heavy atom. The van der Waals surface area contributed by atoms with Gasteiger partial charge in [0.1, 0.15) is 0 Å². The van der Waals surface area contributed by atoms with E-state index in [1.807, 2.05) is 32.0 Å². The van der Waals surface area contributed by atoms with Gasteiger partial charge in [0.2, 0.25) is 11.8 Å². The van der Waals surface area contributed by atoms with Gasteiger partial charge in [-0.1, -0.05) is 18.2 Å². The van der Waals surface area contributed by atoms with E-state index >= 15 is 0 Å². The summed E-state index contributed by atoms with van der Waals surface area (Å²) in [5.74, 6) is -0.321. The zero-order valence-electron chi connectivity index (χ0n) is 11.9. The fourth-order valence-electron chi connectivity index (χ4n) is 2.33. The number of hydrogen-bond acceptors (Lipinski definition) is 3. The van der Waals surface area contributed by atoms with E-state index in [2.05, 4.69) is 5.32 Å². The third kappa shape index (κ3) is 2.54. The zero-order chi connectivity index (χ0) is 14.2. The summed E-state index contributed by atoms with van der Waals surface area (Å²) in [6, 6.07) is 5.99. The molecule has 102 valence electrons. The molecule has 1 N–H and O–H groups in total. The Balaban J connectivity index is 2.31. The van der Waals surface area contributed by atoms with Gasteiger partial charge in [0.05, 0.1) is 18.6 Å². The predicted octanol–water partition coefficient (Wildman–Crippen LogP) is 1.54. The third-order valence-corrected chi connectivity index (χ3v) is 3.72. The van der Waals surface area contributed by atoms with Crippen LogP contribution in [0.5, 0.6) is 0 Å². The lowest BCUT2D eigenvalue weighted by atomic mass is 9.97. The summed E-state index contributed by atoms with van der Waals surface area (Å²) in [6.45, 7) is 8.19. The molecular weight excluding hydrogens is 240 g/mol. The van der Waals surface area contributed by atoms with Crippen molar-refractivity contribution in [1.29, 1.82) is 0 Å². The summed E-state index contributed by atoms with van der Waals surface area (Å²) in [5.41, 5.74) is 2.60. The van der Waals surface area contributed by atoms with Gasteiger partial charge in [-0.15, -0.1) is 0 Å². The van der Waals surface area contributed by atoms with Crippen LogP contribution in [0.1, 0.15) is 30.5 Å². The second kappa shape index (κ2) is 4.78. The molecule has 4 heteroatoms. The molecule has 19 heavy (non-hydrogen) atoms. The highest BCUT2D eigenvalue weighted by atomic mass is 16.2. The lowest BCUT2D eigenvalue weighted by Crippen LogP contribution is -2.63. The van der Waals surface area contributed by atoms with Gasteiger partial charge in [0.25, 0.3) is 0 Å². The first kappa shape index (κ1) is 13.7. The summed E-state index contributed by atoms with van der Waals surface area (Å²) in [7, 11) is 0. The molecule has 1 aliphatic rings. The number of benzene rings is 1. The van der Waals surface area contributed by atoms with Gasteiger partial charge in [-0.05, 0) is 44.4 Å². The van der Waals surface area contributed by atoms with Crippen molar-refractivity contribution in [3.8, 4) is 0 Å². The van der Waals surface area contributed by atoms with Crippen molar-refractivity contribution in [3.63, 3.8) is 0 Å². The highest BCUT2D eigenvalue weighted by molar-refractivity contribution is 6.03. The largest absolute Gasteiger partial charge is 0.295 e. The molecule has 0 spiro atoms. The fraction of sp³-hybridized carbons (Fsp3) is 0.467. The van der Waals surface area contributed by atoms with Crippen molar-refractivity contribution in [1.82, 2.24) is 10.2 Å². The quantitative estimate of drug-likeness (QED) is 0.821. The molecule has 0 saturated carbocycles. The molecule has 1 aliphatic heterocycles. The topological polar surface area (TPSA) is 49.4 Å². The van der Waals surface area contributed by atoms with E-state index < -0.39 is 5.54 Å². The van der Waals surface area contributed by atoms with Crippen LogP contribution in [0.4, 0.5) is 0 Å². The number of nitrogens with one attached hydrogen (secondary N) is 1. The van der Waals surface area contributed by atoms with Crippen molar-refractivity contribution in [3.05, 3.63) is 34.9 Å². The first-order valence-corrected chi connectivity index (χ1v) is 6.48. The number of imide groups is 1. The van der Waals surface area contributed by atoms with Crippen molar-refractivity contribution in [2.75, 3.05) is 6.54 Å². The van der Waals surface area contributed by atoms with Gasteiger partial charge in [-0.3, -0.25) is 19.8 Å². The maximum Gasteiger partial charge on any atom is 0.249 e. The van der Waals surface area contributed by atoms with Crippen molar-refractivity contribution >= 4 is 11.8 Å². The van der Waals surface area contributed by atoms with Gasteiger partial charge in [0.15, 0.2) is 0 Å². The fourth-order valence-corrected chi connectivity index (χ4v) is 2.33. The van der Waals surface area contributed by atoms with Crippen LogP contribution in [-0.4, -0.2) is 28.8 Å². The lowest BCUT2D eigenvalue weighted by molar-refractivity contribution is -0.153. The van der Waals surface area contributed by atoms with Gasteiger partial charge in [-0.2, -0.15) is 0 Å². The monoisotopic (exact) mass is 260 g/mol. The van der Waals surface area contributed by atoms with Gasteiger partial charge >= 0.3 is 0 Å². The first-order valence-electron chi connectivity index (χ1n) is 6.48. The minimum absolute atomic E-state index is 0.160. The molecular formula is C15H20N2O2. The number of aryl methyl sites for hydroxylation is 2. The highest BCUT2D eigenvalue weighted by Crippen LogP contribution is 2.20. The van der Waals surface area contributed by atoms with Crippen LogP contribution in [0.3, 0.4) is 0 Å². The first-order chi connectivity index (χ1) is 8.83. The van der Waals surface area contributed by atoms with E-state index in [1.165, 1.54) is 4.90 Å². The number of rotatable bonds is 2. The Kier molecular flexibility index (Phi) is 3.45. The molecule has 1 fully saturated rings. The molecule has 2 amide bonds. The molecule has 0 aromatic heterocycles. The summed E-state index contributed by atoms with van der Waals surface area (Å²) in [6.07, 6.45) is 0. The summed E-state index contributed by atoms with van der Waals surface area (Å²) < 4.78 is 0. The van der Waals surface area contributed by atoms with Crippen LogP contribution in [0.2, 0.25) is 0 Å². The number of carbonyl (C=O) groups is 2. The molecule has 0 radical (unpaired) electrons. The van der Waals surface area contributed by atoms with E-state index in [-0.39, 0.29) is 18.4 Å². The number of carbonyl (C=O) groups excluding carboxylic acids is 2. The maximum atomic E-state index is 12.3. The Labute approximate surface area is 113 Å². The molecule has 2 rings (SSSR count). The third-order valence-electron chi connectivity index (χ3n) is 3.72. The smallest absolute Gasteiger partial charge is 0.249 e. The molecule has 1 aromatic carbocycles. The number of amides is 2. The van der Waals surface area contributed by atoms with Gasteiger partial charge < -0.3 is 0 Å². The molecule has 1 aromatic rings. The van der Waals surface area contributed by atoms with E-state index in [9.17, 15) is 9.59 Å². The summed E-state index contributed by atoms with van der Waals surface area (Å²) in [5, 5.41) is 2.96.